The van der Waals surface area contributed by atoms with Gasteiger partial charge in [0.15, 0.2) is 5.78 Å². The Morgan fingerprint density at radius 2 is 1.67 bits per heavy atom. The van der Waals surface area contributed by atoms with Gasteiger partial charge in [-0.15, -0.1) is 0 Å². The highest BCUT2D eigenvalue weighted by Gasteiger charge is 2.41. The summed E-state index contributed by atoms with van der Waals surface area (Å²) < 4.78 is 5.80. The van der Waals surface area contributed by atoms with E-state index in [1.54, 1.807) is 0 Å². The highest BCUT2D eigenvalue weighted by atomic mass is 16.5. The number of benzene rings is 2. The van der Waals surface area contributed by atoms with Crippen molar-refractivity contribution in [2.75, 3.05) is 13.2 Å². The fourth-order valence-electron chi connectivity index (χ4n) is 4.37. The van der Waals surface area contributed by atoms with Crippen LogP contribution in [0.5, 0.6) is 0 Å². The summed E-state index contributed by atoms with van der Waals surface area (Å²) in [6.45, 7) is 2.33. The molecule has 0 aliphatic carbocycles. The SMILES string of the molecule is N#CCc1ccc(C(=O)C2CC3COCC(C2)N3Cc2ccccc2)cc1. The molecule has 2 atom stereocenters. The molecule has 2 bridgehead atoms. The lowest BCUT2D eigenvalue weighted by molar-refractivity contribution is -0.0872. The van der Waals surface area contributed by atoms with E-state index >= 15 is 0 Å². The number of hydrogen-bond donors (Lipinski definition) is 0. The van der Waals surface area contributed by atoms with Gasteiger partial charge in [0.05, 0.1) is 25.7 Å². The standard InChI is InChI=1S/C23H24N2O2/c24-11-10-17-6-8-19(9-7-17)23(26)20-12-21-15-27-16-22(13-20)25(21)14-18-4-2-1-3-5-18/h1-9,20-22H,10,12-16H2. The van der Waals surface area contributed by atoms with Gasteiger partial charge in [-0.05, 0) is 24.0 Å². The Kier molecular flexibility index (Phi) is 5.33. The van der Waals surface area contributed by atoms with Gasteiger partial charge in [-0.25, -0.2) is 0 Å². The molecular weight excluding hydrogens is 336 g/mol. The highest BCUT2D eigenvalue weighted by molar-refractivity contribution is 5.98. The molecule has 138 valence electrons. The van der Waals surface area contributed by atoms with Crippen molar-refractivity contribution in [1.29, 1.82) is 5.26 Å². The average molecular weight is 360 g/mol. The summed E-state index contributed by atoms with van der Waals surface area (Å²) >= 11 is 0. The number of nitriles is 1. The molecule has 2 unspecified atom stereocenters. The van der Waals surface area contributed by atoms with Crippen LogP contribution < -0.4 is 0 Å². The smallest absolute Gasteiger partial charge is 0.166 e. The molecule has 2 aliphatic heterocycles. The van der Waals surface area contributed by atoms with Gasteiger partial charge in [0.25, 0.3) is 0 Å². The summed E-state index contributed by atoms with van der Waals surface area (Å²) in [5.74, 6) is 0.285. The topological polar surface area (TPSA) is 53.3 Å². The predicted molar refractivity (Wildman–Crippen MR) is 103 cm³/mol. The first-order valence-electron chi connectivity index (χ1n) is 9.62. The molecule has 2 saturated heterocycles. The molecule has 2 aromatic rings. The second-order valence-corrected chi connectivity index (χ2v) is 7.57. The van der Waals surface area contributed by atoms with Crippen molar-refractivity contribution in [1.82, 2.24) is 4.90 Å². The van der Waals surface area contributed by atoms with Crippen molar-refractivity contribution < 1.29 is 9.53 Å². The number of morpholine rings is 1. The van der Waals surface area contributed by atoms with Crippen molar-refractivity contribution in [3.63, 3.8) is 0 Å². The maximum atomic E-state index is 13.0. The largest absolute Gasteiger partial charge is 0.378 e. The number of nitrogens with zero attached hydrogens (tertiary/aromatic N) is 2. The van der Waals surface area contributed by atoms with Crippen molar-refractivity contribution in [3.8, 4) is 6.07 Å². The molecule has 4 rings (SSSR count). The van der Waals surface area contributed by atoms with E-state index in [-0.39, 0.29) is 11.7 Å². The predicted octanol–water partition coefficient (Wildman–Crippen LogP) is 3.61. The lowest BCUT2D eigenvalue weighted by atomic mass is 9.80. The maximum Gasteiger partial charge on any atom is 0.166 e. The van der Waals surface area contributed by atoms with Crippen LogP contribution in [0.1, 0.15) is 34.3 Å². The lowest BCUT2D eigenvalue weighted by Gasteiger charge is -2.48. The van der Waals surface area contributed by atoms with Crippen molar-refractivity contribution in [2.24, 2.45) is 5.92 Å². The number of ether oxygens (including phenoxy) is 1. The molecule has 0 N–H and O–H groups in total. The Labute approximate surface area is 160 Å². The second kappa shape index (κ2) is 8.04. The molecule has 2 aliphatic rings. The molecule has 0 amide bonds. The van der Waals surface area contributed by atoms with Gasteiger partial charge in [0, 0.05) is 30.1 Å². The Morgan fingerprint density at radius 1 is 1.00 bits per heavy atom. The highest BCUT2D eigenvalue weighted by Crippen LogP contribution is 2.34. The van der Waals surface area contributed by atoms with Crippen LogP contribution >= 0.6 is 0 Å². The summed E-state index contributed by atoms with van der Waals surface area (Å²) in [4.78, 5) is 15.6. The van der Waals surface area contributed by atoms with E-state index in [9.17, 15) is 4.79 Å². The Morgan fingerprint density at radius 3 is 2.30 bits per heavy atom. The first-order chi connectivity index (χ1) is 13.2. The number of carbonyl (C=O) groups excluding carboxylic acids is 1. The Hall–Kier alpha value is -2.48. The number of rotatable bonds is 5. The third kappa shape index (κ3) is 3.95. The van der Waals surface area contributed by atoms with E-state index in [2.05, 4.69) is 35.2 Å². The molecule has 27 heavy (non-hydrogen) atoms. The van der Waals surface area contributed by atoms with Crippen molar-refractivity contribution in [3.05, 3.63) is 71.3 Å². The number of carbonyl (C=O) groups is 1. The van der Waals surface area contributed by atoms with E-state index in [4.69, 9.17) is 10.00 Å². The van der Waals surface area contributed by atoms with Gasteiger partial charge in [-0.2, -0.15) is 5.26 Å². The van der Waals surface area contributed by atoms with Crippen LogP contribution in [0.2, 0.25) is 0 Å². The zero-order valence-corrected chi connectivity index (χ0v) is 15.4. The molecule has 2 aromatic carbocycles. The van der Waals surface area contributed by atoms with E-state index < -0.39 is 0 Å². The van der Waals surface area contributed by atoms with Crippen LogP contribution in [0.3, 0.4) is 0 Å². The van der Waals surface area contributed by atoms with Gasteiger partial charge in [-0.1, -0.05) is 54.6 Å². The van der Waals surface area contributed by atoms with Crippen LogP contribution in [0.4, 0.5) is 0 Å². The molecule has 0 saturated carbocycles. The summed E-state index contributed by atoms with van der Waals surface area (Å²) in [5.41, 5.74) is 3.03. The number of piperidine rings is 1. The molecule has 2 heterocycles. The minimum Gasteiger partial charge on any atom is -0.378 e. The normalized spacial score (nSPS) is 24.9. The summed E-state index contributed by atoms with van der Waals surface area (Å²) in [5, 5.41) is 8.79. The monoisotopic (exact) mass is 360 g/mol. The number of Topliss-reactive ketones (excluding diaryl/α,β-unsaturated/α-hetero) is 1. The van der Waals surface area contributed by atoms with Gasteiger partial charge in [-0.3, -0.25) is 9.69 Å². The molecule has 4 nitrogen and oxygen atoms in total. The quantitative estimate of drug-likeness (QED) is 0.764. The fraction of sp³-hybridized carbons (Fsp3) is 0.391. The van der Waals surface area contributed by atoms with Crippen LogP contribution in [-0.4, -0.2) is 36.0 Å². The summed E-state index contributed by atoms with van der Waals surface area (Å²) in [6, 6.07) is 20.8. The Balaban J connectivity index is 1.46. The van der Waals surface area contributed by atoms with Crippen LogP contribution in [-0.2, 0) is 17.7 Å². The van der Waals surface area contributed by atoms with Gasteiger partial charge in [0.2, 0.25) is 0 Å². The van der Waals surface area contributed by atoms with Crippen molar-refractivity contribution >= 4 is 5.78 Å². The second-order valence-electron chi connectivity index (χ2n) is 7.57. The minimum atomic E-state index is 0.0535. The van der Waals surface area contributed by atoms with E-state index in [1.165, 1.54) is 5.56 Å². The van der Waals surface area contributed by atoms with Crippen LogP contribution in [0, 0.1) is 17.2 Å². The van der Waals surface area contributed by atoms with Gasteiger partial charge >= 0.3 is 0 Å². The van der Waals surface area contributed by atoms with Gasteiger partial charge in [0.1, 0.15) is 0 Å². The molecule has 0 aromatic heterocycles. The van der Waals surface area contributed by atoms with E-state index in [0.29, 0.717) is 31.7 Å². The molecule has 4 heteroatoms. The van der Waals surface area contributed by atoms with Gasteiger partial charge < -0.3 is 4.74 Å². The number of fused-ring (bicyclic) bond motifs is 2. The molecule has 2 fully saturated rings. The van der Waals surface area contributed by atoms with Crippen LogP contribution in [0.15, 0.2) is 54.6 Å². The zero-order chi connectivity index (χ0) is 18.6. The van der Waals surface area contributed by atoms with Crippen LogP contribution in [0.25, 0.3) is 0 Å². The van der Waals surface area contributed by atoms with Crippen molar-refractivity contribution in [2.45, 2.75) is 37.9 Å². The summed E-state index contributed by atoms with van der Waals surface area (Å²) in [6.07, 6.45) is 2.08. The fourth-order valence-corrected chi connectivity index (χ4v) is 4.37. The summed E-state index contributed by atoms with van der Waals surface area (Å²) in [7, 11) is 0. The maximum absolute atomic E-state index is 13.0. The zero-order valence-electron chi connectivity index (χ0n) is 15.4. The molecule has 0 spiro atoms. The number of ketones is 1. The number of hydrogen-bond acceptors (Lipinski definition) is 4. The first kappa shape index (κ1) is 17.9. The third-order valence-electron chi connectivity index (χ3n) is 5.77. The lowest BCUT2D eigenvalue weighted by Crippen LogP contribution is -2.57. The van der Waals surface area contributed by atoms with E-state index in [0.717, 1.165) is 30.5 Å². The third-order valence-corrected chi connectivity index (χ3v) is 5.77. The first-order valence-corrected chi connectivity index (χ1v) is 9.62. The molecular formula is C23H24N2O2. The Bertz CT molecular complexity index is 812. The van der Waals surface area contributed by atoms with E-state index in [1.807, 2.05) is 30.3 Å². The average Bonchev–Trinajstić information content (AvgIpc) is 2.69. The minimum absolute atomic E-state index is 0.0535. The molecule has 0 radical (unpaired) electrons.